The average molecular weight is 507 g/mol. The molecule has 0 saturated carbocycles. The Bertz CT molecular complexity index is 1030. The van der Waals surface area contributed by atoms with Gasteiger partial charge < -0.3 is 24.0 Å². The first-order valence-electron chi connectivity index (χ1n) is 11.9. The van der Waals surface area contributed by atoms with Crippen LogP contribution in [0, 0.1) is 5.41 Å². The predicted octanol–water partition coefficient (Wildman–Crippen LogP) is 4.14. The Morgan fingerprint density at radius 3 is 2.28 bits per heavy atom. The maximum atomic E-state index is 13.3. The number of carbonyl (C=O) groups is 2. The molecule has 2 amide bonds. The third kappa shape index (κ3) is 6.90. The van der Waals surface area contributed by atoms with Crippen molar-refractivity contribution >= 4 is 11.8 Å². The van der Waals surface area contributed by atoms with Gasteiger partial charge in [0.15, 0.2) is 0 Å². The lowest BCUT2D eigenvalue weighted by Crippen LogP contribution is -2.52. The number of likely N-dealkylation sites (tertiary alicyclic amines) is 1. The molecule has 2 aromatic rings. The quantitative estimate of drug-likeness (QED) is 0.565. The van der Waals surface area contributed by atoms with E-state index in [9.17, 15) is 22.8 Å². The molecule has 194 valence electrons. The molecule has 2 fully saturated rings. The number of benzene rings is 2. The van der Waals surface area contributed by atoms with Gasteiger partial charge in [-0.1, -0.05) is 18.2 Å². The summed E-state index contributed by atoms with van der Waals surface area (Å²) in [6.45, 7) is 3.10. The first kappa shape index (κ1) is 25.8. The van der Waals surface area contributed by atoms with Gasteiger partial charge in [-0.3, -0.25) is 9.59 Å². The van der Waals surface area contributed by atoms with E-state index < -0.39 is 11.8 Å². The maximum Gasteiger partial charge on any atom is 0.573 e. The van der Waals surface area contributed by atoms with E-state index in [4.69, 9.17) is 9.47 Å². The van der Waals surface area contributed by atoms with Crippen LogP contribution in [0.3, 0.4) is 0 Å². The minimum Gasteiger partial charge on any atom is -0.493 e. The van der Waals surface area contributed by atoms with Crippen LogP contribution < -0.4 is 9.47 Å². The molecule has 36 heavy (non-hydrogen) atoms. The van der Waals surface area contributed by atoms with E-state index in [1.807, 2.05) is 30.3 Å². The number of piperidine rings is 1. The zero-order valence-corrected chi connectivity index (χ0v) is 19.8. The molecular formula is C26H29F3N2O5. The van der Waals surface area contributed by atoms with E-state index in [0.29, 0.717) is 58.0 Å². The SMILES string of the molecule is O=C(CC1(COc2ccccc2)CCCN(C(=O)c2ccc(OC(F)(F)F)cc2)C1)N1CCOCC1. The standard InChI is InChI=1S/C26H29F3N2O5/c27-26(28,29)36-22-9-7-20(8-10-22)24(33)31-12-4-11-25(18-31,19-35-21-5-2-1-3-6-21)17-23(32)30-13-15-34-16-14-30/h1-3,5-10H,4,11-19H2. The Morgan fingerprint density at radius 1 is 0.917 bits per heavy atom. The fraction of sp³-hybridized carbons (Fsp3) is 0.462. The van der Waals surface area contributed by atoms with Crippen molar-refractivity contribution in [3.63, 3.8) is 0 Å². The molecule has 7 nitrogen and oxygen atoms in total. The van der Waals surface area contributed by atoms with E-state index in [1.54, 1.807) is 9.80 Å². The number of hydrogen-bond acceptors (Lipinski definition) is 5. The van der Waals surface area contributed by atoms with Gasteiger partial charge in [-0.05, 0) is 49.2 Å². The average Bonchev–Trinajstić information content (AvgIpc) is 2.88. The first-order valence-corrected chi connectivity index (χ1v) is 11.9. The summed E-state index contributed by atoms with van der Waals surface area (Å²) in [5.41, 5.74) is -0.345. The van der Waals surface area contributed by atoms with Gasteiger partial charge in [-0.15, -0.1) is 13.2 Å². The van der Waals surface area contributed by atoms with Gasteiger partial charge in [0.2, 0.25) is 5.91 Å². The molecule has 4 rings (SSSR count). The number of hydrogen-bond donors (Lipinski definition) is 0. The Kier molecular flexibility index (Phi) is 8.03. The van der Waals surface area contributed by atoms with Crippen molar-refractivity contribution < 1.29 is 37.0 Å². The summed E-state index contributed by atoms with van der Waals surface area (Å²) in [5, 5.41) is 0. The van der Waals surface area contributed by atoms with Crippen molar-refractivity contribution in [1.29, 1.82) is 0 Å². The lowest BCUT2D eigenvalue weighted by molar-refractivity contribution is -0.274. The molecule has 0 bridgehead atoms. The summed E-state index contributed by atoms with van der Waals surface area (Å²) in [5.74, 6) is -0.0205. The maximum absolute atomic E-state index is 13.3. The smallest absolute Gasteiger partial charge is 0.493 e. The van der Waals surface area contributed by atoms with Gasteiger partial charge in [0.05, 0.1) is 19.8 Å². The summed E-state index contributed by atoms with van der Waals surface area (Å²) in [6, 6.07) is 14.2. The Morgan fingerprint density at radius 2 is 1.61 bits per heavy atom. The third-order valence-electron chi connectivity index (χ3n) is 6.46. The van der Waals surface area contributed by atoms with Crippen LogP contribution >= 0.6 is 0 Å². The first-order chi connectivity index (χ1) is 17.2. The van der Waals surface area contributed by atoms with Crippen LogP contribution in [0.5, 0.6) is 11.5 Å². The second kappa shape index (κ2) is 11.2. The number of carbonyl (C=O) groups excluding carboxylic acids is 2. The number of amides is 2. The van der Waals surface area contributed by atoms with E-state index in [1.165, 1.54) is 12.1 Å². The van der Waals surface area contributed by atoms with Crippen molar-refractivity contribution in [1.82, 2.24) is 9.80 Å². The number of ether oxygens (including phenoxy) is 3. The predicted molar refractivity (Wildman–Crippen MR) is 125 cm³/mol. The van der Waals surface area contributed by atoms with Crippen LogP contribution in [0.4, 0.5) is 13.2 Å². The van der Waals surface area contributed by atoms with Gasteiger partial charge in [-0.2, -0.15) is 0 Å². The summed E-state index contributed by atoms with van der Waals surface area (Å²) in [4.78, 5) is 29.9. The lowest BCUT2D eigenvalue weighted by Gasteiger charge is -2.43. The molecule has 0 N–H and O–H groups in total. The minimum atomic E-state index is -4.80. The molecule has 0 aliphatic carbocycles. The zero-order chi connectivity index (χ0) is 25.6. The lowest BCUT2D eigenvalue weighted by atomic mass is 9.77. The van der Waals surface area contributed by atoms with Crippen molar-refractivity contribution in [2.45, 2.75) is 25.6 Å². The van der Waals surface area contributed by atoms with Crippen LogP contribution in [-0.2, 0) is 9.53 Å². The van der Waals surface area contributed by atoms with Gasteiger partial charge in [0.1, 0.15) is 11.5 Å². The molecule has 2 aliphatic rings. The highest BCUT2D eigenvalue weighted by Gasteiger charge is 2.41. The number of para-hydroxylation sites is 1. The molecular weight excluding hydrogens is 477 g/mol. The van der Waals surface area contributed by atoms with E-state index in [0.717, 1.165) is 12.1 Å². The van der Waals surface area contributed by atoms with Gasteiger partial charge in [0, 0.05) is 43.6 Å². The van der Waals surface area contributed by atoms with Crippen molar-refractivity contribution in [3.05, 3.63) is 60.2 Å². The van der Waals surface area contributed by atoms with Crippen LogP contribution in [-0.4, -0.2) is 74.0 Å². The van der Waals surface area contributed by atoms with E-state index in [2.05, 4.69) is 4.74 Å². The number of alkyl halides is 3. The molecule has 10 heteroatoms. The number of morpholine rings is 1. The van der Waals surface area contributed by atoms with Crippen molar-refractivity contribution in [2.75, 3.05) is 46.0 Å². The monoisotopic (exact) mass is 506 g/mol. The molecule has 0 spiro atoms. The van der Waals surface area contributed by atoms with Gasteiger partial charge >= 0.3 is 6.36 Å². The molecule has 2 aliphatic heterocycles. The highest BCUT2D eigenvalue weighted by molar-refractivity contribution is 5.94. The Balaban J connectivity index is 1.49. The van der Waals surface area contributed by atoms with Gasteiger partial charge in [0.25, 0.3) is 5.91 Å². The molecule has 2 saturated heterocycles. The summed E-state index contributed by atoms with van der Waals surface area (Å²) < 4.78 is 52.7. The number of nitrogens with zero attached hydrogens (tertiary/aromatic N) is 2. The van der Waals surface area contributed by atoms with E-state index in [-0.39, 0.29) is 36.2 Å². The second-order valence-corrected chi connectivity index (χ2v) is 9.17. The van der Waals surface area contributed by atoms with Crippen LogP contribution in [0.2, 0.25) is 0 Å². The fourth-order valence-electron chi connectivity index (χ4n) is 4.67. The molecule has 0 radical (unpaired) electrons. The second-order valence-electron chi connectivity index (χ2n) is 9.17. The Hall–Kier alpha value is -3.27. The Labute approximate surface area is 207 Å². The molecule has 1 unspecified atom stereocenters. The number of rotatable bonds is 7. The molecule has 2 aromatic carbocycles. The van der Waals surface area contributed by atoms with Crippen LogP contribution in [0.15, 0.2) is 54.6 Å². The third-order valence-corrected chi connectivity index (χ3v) is 6.46. The largest absolute Gasteiger partial charge is 0.573 e. The normalized spacial score (nSPS) is 20.6. The molecule has 0 aromatic heterocycles. The fourth-order valence-corrected chi connectivity index (χ4v) is 4.67. The summed E-state index contributed by atoms with van der Waals surface area (Å²) in [6.07, 6.45) is -3.20. The van der Waals surface area contributed by atoms with Crippen LogP contribution in [0.1, 0.15) is 29.6 Å². The minimum absolute atomic E-state index is 0.00193. The van der Waals surface area contributed by atoms with Crippen LogP contribution in [0.25, 0.3) is 0 Å². The topological polar surface area (TPSA) is 68.3 Å². The molecule has 2 heterocycles. The van der Waals surface area contributed by atoms with Gasteiger partial charge in [-0.25, -0.2) is 0 Å². The number of halogens is 3. The summed E-state index contributed by atoms with van der Waals surface area (Å²) >= 11 is 0. The zero-order valence-electron chi connectivity index (χ0n) is 19.8. The molecule has 1 atom stereocenters. The highest BCUT2D eigenvalue weighted by atomic mass is 19.4. The highest BCUT2D eigenvalue weighted by Crippen LogP contribution is 2.36. The van der Waals surface area contributed by atoms with Crippen molar-refractivity contribution in [2.24, 2.45) is 5.41 Å². The summed E-state index contributed by atoms with van der Waals surface area (Å²) in [7, 11) is 0. The van der Waals surface area contributed by atoms with E-state index >= 15 is 0 Å². The van der Waals surface area contributed by atoms with Crippen molar-refractivity contribution in [3.8, 4) is 11.5 Å².